The highest BCUT2D eigenvalue weighted by Crippen LogP contribution is 2.25. The second kappa shape index (κ2) is 19.7. The van der Waals surface area contributed by atoms with Gasteiger partial charge in [0.1, 0.15) is 30.5 Å². The first-order valence-corrected chi connectivity index (χ1v) is 19.2. The van der Waals surface area contributed by atoms with E-state index in [-0.39, 0.29) is 42.8 Å². The molecule has 0 saturated carbocycles. The highest BCUT2D eigenvalue weighted by Gasteiger charge is 2.36. The van der Waals surface area contributed by atoms with Crippen molar-refractivity contribution in [1.29, 1.82) is 10.8 Å². The molecule has 3 aliphatic rings. The van der Waals surface area contributed by atoms with Gasteiger partial charge in [-0.3, -0.25) is 45.1 Å². The number of nitrogens with zero attached hydrogens (tertiary/aromatic N) is 3. The summed E-state index contributed by atoms with van der Waals surface area (Å²) >= 11 is 0. The molecule has 0 aliphatic carbocycles. The van der Waals surface area contributed by atoms with Gasteiger partial charge in [0.05, 0.1) is 46.1 Å². The van der Waals surface area contributed by atoms with E-state index in [1.165, 1.54) is 19.1 Å². The molecule has 0 aromatic heterocycles. The molecule has 20 nitrogen and oxygen atoms in total. The van der Waals surface area contributed by atoms with Gasteiger partial charge in [0.25, 0.3) is 10.1 Å². The van der Waals surface area contributed by atoms with Crippen LogP contribution in [0.3, 0.4) is 0 Å². The Bertz CT molecular complexity index is 1870. The molecular weight excluding hydrogens is 758 g/mol. The maximum atomic E-state index is 12.4. The van der Waals surface area contributed by atoms with Crippen LogP contribution in [0, 0.1) is 16.7 Å². The van der Waals surface area contributed by atoms with Gasteiger partial charge in [0, 0.05) is 29.0 Å². The van der Waals surface area contributed by atoms with Crippen molar-refractivity contribution in [3.05, 3.63) is 59.7 Å². The summed E-state index contributed by atoms with van der Waals surface area (Å²) in [5.41, 5.74) is 2.06. The van der Waals surface area contributed by atoms with E-state index in [1.54, 1.807) is 53.4 Å². The molecule has 0 spiro atoms. The Morgan fingerprint density at radius 2 is 1.23 bits per heavy atom. The van der Waals surface area contributed by atoms with Crippen molar-refractivity contribution < 1.29 is 60.3 Å². The summed E-state index contributed by atoms with van der Waals surface area (Å²) in [5.74, 6) is -0.419. The molecule has 0 bridgehead atoms. The number of carbonyl (C=O) groups is 5. The number of hydrogen-bond acceptors (Lipinski definition) is 16. The third-order valence-corrected chi connectivity index (χ3v) is 9.21. The summed E-state index contributed by atoms with van der Waals surface area (Å²) in [5, 5.41) is 20.1. The maximum Gasteiger partial charge on any atom is 0.414 e. The van der Waals surface area contributed by atoms with Crippen molar-refractivity contribution >= 4 is 63.5 Å². The zero-order valence-electron chi connectivity index (χ0n) is 31.3. The molecule has 56 heavy (non-hydrogen) atoms. The van der Waals surface area contributed by atoms with E-state index < -0.39 is 40.6 Å². The van der Waals surface area contributed by atoms with E-state index in [1.807, 2.05) is 6.92 Å². The normalized spacial score (nSPS) is 18.5. The number of nitrogens with one attached hydrogen (secondary N) is 4. The van der Waals surface area contributed by atoms with Crippen molar-refractivity contribution in [3.8, 4) is 0 Å². The fourth-order valence-electron chi connectivity index (χ4n) is 5.81. The van der Waals surface area contributed by atoms with Crippen LogP contribution < -0.4 is 20.4 Å². The number of rotatable bonds is 11. The number of hydrogen-bond donors (Lipinski definition) is 4. The predicted octanol–water partition coefficient (Wildman–Crippen LogP) is 2.64. The van der Waals surface area contributed by atoms with Gasteiger partial charge in [-0.05, 0) is 81.4 Å². The Hall–Kier alpha value is -5.80. The summed E-state index contributed by atoms with van der Waals surface area (Å²) in [4.78, 5) is 63.5. The molecule has 2 aromatic carbocycles. The number of likely N-dealkylation sites (tertiary alicyclic amines) is 1. The van der Waals surface area contributed by atoms with E-state index in [9.17, 15) is 32.4 Å². The maximum absolute atomic E-state index is 12.4. The fraction of sp³-hybridized carbons (Fsp3) is 0.457. The highest BCUT2D eigenvalue weighted by atomic mass is 32.2. The Morgan fingerprint density at radius 1 is 0.786 bits per heavy atom. The van der Waals surface area contributed by atoms with Crippen LogP contribution in [-0.2, 0) is 42.8 Å². The summed E-state index contributed by atoms with van der Waals surface area (Å²) in [7, 11) is -1.20. The molecule has 2 aromatic rings. The number of benzene rings is 2. The molecule has 0 radical (unpaired) electrons. The number of amidine groups is 2. The van der Waals surface area contributed by atoms with Crippen LogP contribution in [0.5, 0.6) is 0 Å². The van der Waals surface area contributed by atoms with Crippen molar-refractivity contribution in [2.24, 2.45) is 5.92 Å². The van der Waals surface area contributed by atoms with E-state index in [2.05, 4.69) is 29.2 Å². The van der Waals surface area contributed by atoms with Crippen LogP contribution in [0.15, 0.2) is 48.5 Å². The average molecular weight is 804 g/mol. The lowest BCUT2D eigenvalue weighted by atomic mass is 9.97. The SMILES string of the molecule is CCOC(=O)C1CCN(CC2CN(c3ccc(C(=N)NC(=O)OC)cc3)C(=O)O2)CC1.COC(=O)NC(=N)c1ccc(N2CC(COS(C)(=O)=O)OC2=O)cc1. The van der Waals surface area contributed by atoms with Gasteiger partial charge >= 0.3 is 30.3 Å². The van der Waals surface area contributed by atoms with E-state index in [0.717, 1.165) is 32.2 Å². The van der Waals surface area contributed by atoms with Crippen LogP contribution in [0.2, 0.25) is 0 Å². The third kappa shape index (κ3) is 12.4. The minimum absolute atomic E-state index is 0.0512. The molecule has 3 aliphatic heterocycles. The standard InChI is InChI=1S/C21H28N4O6.C14H17N3O7S/c1-3-30-19(26)15-8-10-24(11-9-15)12-17-13-25(21(28)31-17)16-6-4-14(5-7-16)18(22)23-20(27)29-2;1-22-13(18)16-12(15)9-3-5-10(6-4-9)17-7-11(24-14(17)19)8-23-25(2,20)21/h4-7,15,17H,3,8-13H2,1-2H3,(H2,22,23,27);3-6,11H,7-8H2,1-2H3,(H2,15,16,18). The quantitative estimate of drug-likeness (QED) is 0.0838. The van der Waals surface area contributed by atoms with Gasteiger partial charge in [-0.1, -0.05) is 0 Å². The second-order valence-electron chi connectivity index (χ2n) is 12.6. The number of piperidine rings is 1. The lowest BCUT2D eigenvalue weighted by Crippen LogP contribution is -2.41. The summed E-state index contributed by atoms with van der Waals surface area (Å²) in [6.07, 6.45) is -1.08. The molecule has 2 atom stereocenters. The van der Waals surface area contributed by atoms with Crippen LogP contribution >= 0.6 is 0 Å². The zero-order valence-corrected chi connectivity index (χ0v) is 32.1. The zero-order chi connectivity index (χ0) is 41.0. The first kappa shape index (κ1) is 42.9. The minimum atomic E-state index is -3.62. The fourth-order valence-corrected chi connectivity index (χ4v) is 6.21. The molecular formula is C35H45N7O13S. The molecule has 3 fully saturated rings. The van der Waals surface area contributed by atoms with Gasteiger partial charge in [0.2, 0.25) is 0 Å². The number of anilines is 2. The topological polar surface area (TPSA) is 256 Å². The third-order valence-electron chi connectivity index (χ3n) is 8.65. The molecule has 4 N–H and O–H groups in total. The van der Waals surface area contributed by atoms with E-state index >= 15 is 0 Å². The molecule has 5 rings (SSSR count). The average Bonchev–Trinajstić information content (AvgIpc) is 3.74. The van der Waals surface area contributed by atoms with Gasteiger partial charge in [-0.2, -0.15) is 8.42 Å². The first-order chi connectivity index (χ1) is 26.6. The van der Waals surface area contributed by atoms with Gasteiger partial charge < -0.3 is 23.7 Å². The summed E-state index contributed by atoms with van der Waals surface area (Å²) < 4.78 is 51.2. The largest absolute Gasteiger partial charge is 0.466 e. The Kier molecular flexibility index (Phi) is 15.1. The molecule has 3 heterocycles. The van der Waals surface area contributed by atoms with Crippen molar-refractivity contribution in [1.82, 2.24) is 15.5 Å². The van der Waals surface area contributed by atoms with Crippen LogP contribution in [0.4, 0.5) is 30.6 Å². The predicted molar refractivity (Wildman–Crippen MR) is 199 cm³/mol. The molecule has 2 unspecified atom stereocenters. The number of methoxy groups -OCH3 is 2. The Morgan fingerprint density at radius 3 is 1.66 bits per heavy atom. The monoisotopic (exact) mass is 803 g/mol. The van der Waals surface area contributed by atoms with Gasteiger partial charge in [-0.15, -0.1) is 0 Å². The van der Waals surface area contributed by atoms with Crippen molar-refractivity contribution in [2.75, 3.05) is 76.2 Å². The van der Waals surface area contributed by atoms with Crippen molar-refractivity contribution in [3.63, 3.8) is 0 Å². The van der Waals surface area contributed by atoms with Crippen LogP contribution in [0.1, 0.15) is 30.9 Å². The van der Waals surface area contributed by atoms with Crippen molar-refractivity contribution in [2.45, 2.75) is 32.0 Å². The Balaban J connectivity index is 0.000000255. The van der Waals surface area contributed by atoms with Gasteiger partial charge in [-0.25, -0.2) is 19.2 Å². The van der Waals surface area contributed by atoms with Crippen LogP contribution in [-0.4, -0.2) is 134 Å². The Labute approximate surface area is 323 Å². The smallest absolute Gasteiger partial charge is 0.414 e. The molecule has 304 valence electrons. The second-order valence-corrected chi connectivity index (χ2v) is 14.3. The lowest BCUT2D eigenvalue weighted by Gasteiger charge is -2.31. The first-order valence-electron chi connectivity index (χ1n) is 17.4. The number of carbonyl (C=O) groups excluding carboxylic acids is 5. The van der Waals surface area contributed by atoms with Gasteiger partial charge in [0.15, 0.2) is 0 Å². The number of esters is 1. The minimum Gasteiger partial charge on any atom is -0.466 e. The molecule has 21 heteroatoms. The van der Waals surface area contributed by atoms with E-state index in [4.69, 9.17) is 25.0 Å². The molecule has 3 saturated heterocycles. The van der Waals surface area contributed by atoms with E-state index in [0.29, 0.717) is 42.2 Å². The molecule has 4 amide bonds. The highest BCUT2D eigenvalue weighted by molar-refractivity contribution is 7.85. The lowest BCUT2D eigenvalue weighted by molar-refractivity contribution is -0.149. The number of amides is 4. The summed E-state index contributed by atoms with van der Waals surface area (Å²) in [6.45, 7) is 4.65. The number of cyclic esters (lactones) is 2. The van der Waals surface area contributed by atoms with Crippen LogP contribution in [0.25, 0.3) is 0 Å². The number of alkyl carbamates (subject to hydrolysis) is 2. The summed E-state index contributed by atoms with van der Waals surface area (Å²) in [6, 6.07) is 12.9. The number of ether oxygens (including phenoxy) is 5.